The minimum absolute atomic E-state index is 1.16. The summed E-state index contributed by atoms with van der Waals surface area (Å²) in [7, 11) is 0. The SMILES string of the molecule is c1ccc2c(c1)ccc1c3ccccc3n(-c3ccc(-n4c5ccccc5c5ccc6ccccc6c54)cc3)c21. The van der Waals surface area contributed by atoms with Crippen LogP contribution in [0.1, 0.15) is 0 Å². The van der Waals surface area contributed by atoms with Gasteiger partial charge in [0, 0.05) is 43.7 Å². The topological polar surface area (TPSA) is 9.86 Å². The molecule has 0 saturated carbocycles. The molecule has 0 amide bonds. The number of benzene rings is 7. The fraction of sp³-hybridized carbons (Fsp3) is 0. The second kappa shape index (κ2) is 8.08. The molecular formula is C38H24N2. The molecule has 0 spiro atoms. The van der Waals surface area contributed by atoms with E-state index in [-0.39, 0.29) is 0 Å². The quantitative estimate of drug-likeness (QED) is 0.220. The first-order valence-corrected chi connectivity index (χ1v) is 13.8. The fourth-order valence-corrected chi connectivity index (χ4v) is 6.75. The molecule has 0 aliphatic carbocycles. The highest BCUT2D eigenvalue weighted by atomic mass is 15.0. The van der Waals surface area contributed by atoms with Crippen molar-refractivity contribution in [2.45, 2.75) is 0 Å². The molecular weight excluding hydrogens is 484 g/mol. The fourth-order valence-electron chi connectivity index (χ4n) is 6.75. The average Bonchev–Trinajstić information content (AvgIpc) is 3.55. The maximum Gasteiger partial charge on any atom is 0.0619 e. The third-order valence-corrected chi connectivity index (χ3v) is 8.48. The molecule has 0 aliphatic heterocycles. The van der Waals surface area contributed by atoms with Crippen LogP contribution in [0.25, 0.3) is 76.5 Å². The smallest absolute Gasteiger partial charge is 0.0619 e. The van der Waals surface area contributed by atoms with Crippen molar-refractivity contribution in [3.05, 3.63) is 146 Å². The summed E-state index contributed by atoms with van der Waals surface area (Å²) in [6, 6.07) is 53.0. The van der Waals surface area contributed by atoms with Gasteiger partial charge in [-0.15, -0.1) is 0 Å². The maximum absolute atomic E-state index is 2.43. The van der Waals surface area contributed by atoms with E-state index >= 15 is 0 Å². The monoisotopic (exact) mass is 508 g/mol. The third kappa shape index (κ3) is 2.88. The lowest BCUT2D eigenvalue weighted by atomic mass is 10.1. The molecule has 0 aliphatic rings. The van der Waals surface area contributed by atoms with Gasteiger partial charge in [0.15, 0.2) is 0 Å². The Hall–Kier alpha value is -5.34. The van der Waals surface area contributed by atoms with Gasteiger partial charge in [0.25, 0.3) is 0 Å². The summed E-state index contributed by atoms with van der Waals surface area (Å²) in [6.07, 6.45) is 0. The number of hydrogen-bond acceptors (Lipinski definition) is 0. The van der Waals surface area contributed by atoms with Crippen LogP contribution >= 0.6 is 0 Å². The van der Waals surface area contributed by atoms with Crippen LogP contribution in [-0.4, -0.2) is 9.13 Å². The number of para-hydroxylation sites is 2. The Bertz CT molecular complexity index is 2250. The zero-order valence-electron chi connectivity index (χ0n) is 21.8. The predicted molar refractivity (Wildman–Crippen MR) is 170 cm³/mol. The summed E-state index contributed by atoms with van der Waals surface area (Å²) < 4.78 is 4.86. The van der Waals surface area contributed by atoms with Crippen molar-refractivity contribution < 1.29 is 0 Å². The Kier molecular flexibility index (Phi) is 4.36. The highest BCUT2D eigenvalue weighted by Gasteiger charge is 2.17. The van der Waals surface area contributed by atoms with Crippen LogP contribution in [0.3, 0.4) is 0 Å². The van der Waals surface area contributed by atoms with Crippen molar-refractivity contribution in [2.24, 2.45) is 0 Å². The van der Waals surface area contributed by atoms with Gasteiger partial charge < -0.3 is 9.13 Å². The molecule has 0 fully saturated rings. The molecule has 186 valence electrons. The normalized spacial score (nSPS) is 12.0. The van der Waals surface area contributed by atoms with E-state index in [9.17, 15) is 0 Å². The molecule has 0 atom stereocenters. The molecule has 9 aromatic rings. The predicted octanol–water partition coefficient (Wildman–Crippen LogP) is 10.2. The highest BCUT2D eigenvalue weighted by Crippen LogP contribution is 2.39. The lowest BCUT2D eigenvalue weighted by Crippen LogP contribution is -1.98. The van der Waals surface area contributed by atoms with Crippen LogP contribution in [0.4, 0.5) is 0 Å². The van der Waals surface area contributed by atoms with E-state index in [0.717, 1.165) is 11.4 Å². The number of nitrogens with zero attached hydrogens (tertiary/aromatic N) is 2. The molecule has 0 unspecified atom stereocenters. The van der Waals surface area contributed by atoms with Gasteiger partial charge in [0.1, 0.15) is 0 Å². The van der Waals surface area contributed by atoms with Gasteiger partial charge in [0.05, 0.1) is 22.1 Å². The summed E-state index contributed by atoms with van der Waals surface area (Å²) in [5, 5.41) is 10.2. The van der Waals surface area contributed by atoms with E-state index in [1.165, 1.54) is 65.2 Å². The molecule has 2 heterocycles. The van der Waals surface area contributed by atoms with Crippen LogP contribution in [0.5, 0.6) is 0 Å². The van der Waals surface area contributed by atoms with Crippen LogP contribution < -0.4 is 0 Å². The van der Waals surface area contributed by atoms with Gasteiger partial charge in [-0.2, -0.15) is 0 Å². The Morgan fingerprint density at radius 1 is 0.275 bits per heavy atom. The molecule has 0 N–H and O–H groups in total. The Morgan fingerprint density at radius 3 is 1.10 bits per heavy atom. The van der Waals surface area contributed by atoms with Gasteiger partial charge in [-0.3, -0.25) is 0 Å². The van der Waals surface area contributed by atoms with Gasteiger partial charge in [0.2, 0.25) is 0 Å². The first-order chi connectivity index (χ1) is 19.9. The number of hydrogen-bond donors (Lipinski definition) is 0. The molecule has 2 aromatic heterocycles. The van der Waals surface area contributed by atoms with Crippen molar-refractivity contribution in [1.29, 1.82) is 0 Å². The van der Waals surface area contributed by atoms with E-state index in [1.807, 2.05) is 0 Å². The van der Waals surface area contributed by atoms with Gasteiger partial charge in [-0.1, -0.05) is 109 Å². The highest BCUT2D eigenvalue weighted by molar-refractivity contribution is 6.19. The van der Waals surface area contributed by atoms with E-state index < -0.39 is 0 Å². The molecule has 7 aromatic carbocycles. The van der Waals surface area contributed by atoms with Crippen molar-refractivity contribution >= 4 is 65.2 Å². The minimum Gasteiger partial charge on any atom is -0.309 e. The van der Waals surface area contributed by atoms with Crippen LogP contribution in [-0.2, 0) is 0 Å². The molecule has 40 heavy (non-hydrogen) atoms. The van der Waals surface area contributed by atoms with Gasteiger partial charge in [-0.25, -0.2) is 0 Å². The van der Waals surface area contributed by atoms with Crippen molar-refractivity contribution in [3.63, 3.8) is 0 Å². The molecule has 0 bridgehead atoms. The van der Waals surface area contributed by atoms with E-state index in [1.54, 1.807) is 0 Å². The van der Waals surface area contributed by atoms with E-state index in [2.05, 4.69) is 155 Å². The first kappa shape index (κ1) is 21.6. The van der Waals surface area contributed by atoms with Crippen molar-refractivity contribution in [3.8, 4) is 11.4 Å². The number of aromatic nitrogens is 2. The molecule has 0 radical (unpaired) electrons. The van der Waals surface area contributed by atoms with Crippen molar-refractivity contribution in [1.82, 2.24) is 9.13 Å². The standard InChI is InChI=1S/C38H24N2/c1-3-11-29-25(9-1)17-23-33-31-13-5-7-15-35(31)39(37(29)33)27-19-21-28(22-20-27)40-36-16-8-6-14-32(36)34-24-18-26-10-2-4-12-30(26)38(34)40/h1-24H. The van der Waals surface area contributed by atoms with Gasteiger partial charge >= 0.3 is 0 Å². The average molecular weight is 509 g/mol. The first-order valence-electron chi connectivity index (χ1n) is 13.8. The molecule has 0 saturated heterocycles. The van der Waals surface area contributed by atoms with Crippen molar-refractivity contribution in [2.75, 3.05) is 0 Å². The number of fused-ring (bicyclic) bond motifs is 10. The summed E-state index contributed by atoms with van der Waals surface area (Å²) in [5.74, 6) is 0. The summed E-state index contributed by atoms with van der Waals surface area (Å²) in [4.78, 5) is 0. The van der Waals surface area contributed by atoms with Gasteiger partial charge in [-0.05, 0) is 47.2 Å². The van der Waals surface area contributed by atoms with E-state index in [0.29, 0.717) is 0 Å². The molecule has 9 rings (SSSR count). The summed E-state index contributed by atoms with van der Waals surface area (Å²) in [5.41, 5.74) is 7.30. The Balaban J connectivity index is 1.33. The molecule has 2 heteroatoms. The third-order valence-electron chi connectivity index (χ3n) is 8.48. The maximum atomic E-state index is 2.43. The summed E-state index contributed by atoms with van der Waals surface area (Å²) in [6.45, 7) is 0. The number of rotatable bonds is 2. The van der Waals surface area contributed by atoms with Crippen LogP contribution in [0.2, 0.25) is 0 Å². The van der Waals surface area contributed by atoms with Crippen LogP contribution in [0.15, 0.2) is 146 Å². The second-order valence-electron chi connectivity index (χ2n) is 10.6. The van der Waals surface area contributed by atoms with E-state index in [4.69, 9.17) is 0 Å². The Morgan fingerprint density at radius 2 is 0.650 bits per heavy atom. The lowest BCUT2D eigenvalue weighted by molar-refractivity contribution is 1.15. The zero-order valence-corrected chi connectivity index (χ0v) is 21.8. The van der Waals surface area contributed by atoms with Crippen LogP contribution in [0, 0.1) is 0 Å². The largest absolute Gasteiger partial charge is 0.309 e. The minimum atomic E-state index is 1.16. The molecule has 2 nitrogen and oxygen atoms in total. The zero-order chi connectivity index (χ0) is 26.2. The summed E-state index contributed by atoms with van der Waals surface area (Å²) >= 11 is 0. The Labute approximate surface area is 230 Å². The second-order valence-corrected chi connectivity index (χ2v) is 10.6. The lowest BCUT2D eigenvalue weighted by Gasteiger charge is -2.13.